The summed E-state index contributed by atoms with van der Waals surface area (Å²) >= 11 is 0. The highest BCUT2D eigenvalue weighted by Gasteiger charge is 2.47. The molecule has 1 heterocycles. The van der Waals surface area contributed by atoms with Gasteiger partial charge >= 0.3 is 5.97 Å². The van der Waals surface area contributed by atoms with Crippen LogP contribution in [0.2, 0.25) is 0 Å². The summed E-state index contributed by atoms with van der Waals surface area (Å²) in [7, 11) is 0. The molecule has 0 radical (unpaired) electrons. The zero-order chi connectivity index (χ0) is 54.0. The van der Waals surface area contributed by atoms with E-state index in [1.807, 2.05) is 6.08 Å². The Labute approximate surface area is 454 Å². The minimum atomic E-state index is -1.61. The average Bonchev–Trinajstić information content (AvgIpc) is 3.40. The van der Waals surface area contributed by atoms with Crippen LogP contribution >= 0.6 is 0 Å². The van der Waals surface area contributed by atoms with E-state index >= 15 is 0 Å². The highest BCUT2D eigenvalue weighted by Crippen LogP contribution is 2.26. The Morgan fingerprint density at radius 1 is 0.514 bits per heavy atom. The van der Waals surface area contributed by atoms with Gasteiger partial charge in [-0.3, -0.25) is 9.59 Å². The molecule has 0 aliphatic carbocycles. The van der Waals surface area contributed by atoms with Crippen LogP contribution in [0.1, 0.15) is 303 Å². The molecule has 11 heteroatoms. The summed E-state index contributed by atoms with van der Waals surface area (Å²) in [5, 5.41) is 56.9. The molecule has 1 saturated heterocycles. The van der Waals surface area contributed by atoms with Gasteiger partial charge in [0.15, 0.2) is 12.4 Å². The van der Waals surface area contributed by atoms with Crippen LogP contribution in [0.15, 0.2) is 24.3 Å². The maximum absolute atomic E-state index is 13.4. The molecule has 436 valence electrons. The van der Waals surface area contributed by atoms with Crippen molar-refractivity contribution in [2.75, 3.05) is 13.2 Å². The fourth-order valence-electron chi connectivity index (χ4n) is 10.1. The van der Waals surface area contributed by atoms with E-state index < -0.39 is 67.4 Å². The lowest BCUT2D eigenvalue weighted by Crippen LogP contribution is -2.61. The van der Waals surface area contributed by atoms with Crippen molar-refractivity contribution in [1.29, 1.82) is 0 Å². The number of rotatable bonds is 54. The minimum Gasteiger partial charge on any atom is -0.454 e. The van der Waals surface area contributed by atoms with Crippen LogP contribution in [0.4, 0.5) is 0 Å². The third kappa shape index (κ3) is 39.5. The molecule has 8 atom stereocenters. The quantitative estimate of drug-likeness (QED) is 0.0195. The molecule has 0 saturated carbocycles. The number of nitrogens with one attached hydrogen (secondary N) is 1. The van der Waals surface area contributed by atoms with Crippen molar-refractivity contribution < 1.29 is 49.3 Å². The largest absolute Gasteiger partial charge is 0.454 e. The molecule has 1 rings (SSSR count). The number of aliphatic hydroxyl groups is 5. The van der Waals surface area contributed by atoms with Crippen LogP contribution in [-0.4, -0.2) is 99.6 Å². The number of hydrogen-bond donors (Lipinski definition) is 6. The standard InChI is InChI=1S/C63H119NO10/c1-4-7-10-13-16-19-22-24-25-26-27-28-29-30-31-33-36-39-42-45-48-51-58(68)74-61-60(70)59(69)57(52-65)73-63(61)72-53-54(55(66)49-46-43-40-37-34-21-18-15-12-9-6-3)64-62(71)56(67)50-47-44-41-38-35-32-23-20-17-14-11-8-5-2/h35,38,46,49,54-57,59-61,63,65-67,69-70H,4-34,36-37,39-45,47-48,50-53H2,1-3H3,(H,64,71)/b38-35-,49-46+. The van der Waals surface area contributed by atoms with Gasteiger partial charge < -0.3 is 45.1 Å². The van der Waals surface area contributed by atoms with Gasteiger partial charge in [-0.2, -0.15) is 0 Å². The lowest BCUT2D eigenvalue weighted by atomic mass is 9.99. The fraction of sp³-hybridized carbons (Fsp3) is 0.905. The van der Waals surface area contributed by atoms with Crippen molar-refractivity contribution >= 4 is 11.9 Å². The number of unbranched alkanes of at least 4 members (excludes halogenated alkanes) is 38. The zero-order valence-corrected chi connectivity index (χ0v) is 48.2. The van der Waals surface area contributed by atoms with E-state index in [0.29, 0.717) is 12.8 Å². The van der Waals surface area contributed by atoms with Crippen molar-refractivity contribution in [1.82, 2.24) is 5.32 Å². The molecule has 74 heavy (non-hydrogen) atoms. The zero-order valence-electron chi connectivity index (χ0n) is 48.2. The Bertz CT molecular complexity index is 1300. The maximum Gasteiger partial charge on any atom is 0.306 e. The molecule has 0 aromatic carbocycles. The van der Waals surface area contributed by atoms with Gasteiger partial charge in [0.2, 0.25) is 5.91 Å². The lowest BCUT2D eigenvalue weighted by Gasteiger charge is -2.41. The molecule has 0 spiro atoms. The highest BCUT2D eigenvalue weighted by atomic mass is 16.7. The van der Waals surface area contributed by atoms with E-state index in [0.717, 1.165) is 57.8 Å². The summed E-state index contributed by atoms with van der Waals surface area (Å²) in [6, 6.07) is -1.03. The van der Waals surface area contributed by atoms with Gasteiger partial charge in [-0.25, -0.2) is 0 Å². The third-order valence-electron chi connectivity index (χ3n) is 15.1. The van der Waals surface area contributed by atoms with Crippen LogP contribution in [0, 0.1) is 0 Å². The molecule has 0 aromatic rings. The van der Waals surface area contributed by atoms with Crippen molar-refractivity contribution in [3.05, 3.63) is 24.3 Å². The number of carbonyl (C=O) groups is 2. The second-order valence-corrected chi connectivity index (χ2v) is 22.1. The Morgan fingerprint density at radius 2 is 0.892 bits per heavy atom. The van der Waals surface area contributed by atoms with Crippen LogP contribution in [0.5, 0.6) is 0 Å². The summed E-state index contributed by atoms with van der Waals surface area (Å²) in [5.41, 5.74) is 0. The molecular weight excluding hydrogens is 931 g/mol. The number of aliphatic hydroxyl groups excluding tert-OH is 5. The van der Waals surface area contributed by atoms with Crippen LogP contribution in [0.3, 0.4) is 0 Å². The highest BCUT2D eigenvalue weighted by molar-refractivity contribution is 5.80. The molecule has 8 unspecified atom stereocenters. The SMILES string of the molecule is CCCCCCCCC/C=C\CCCCC(O)C(=O)NC(COC1OC(CO)C(O)C(O)C1OC(=O)CCCCCCCCCCCCCCCCCCCCCCC)C(O)/C=C/CCCCCCCCCCC. The van der Waals surface area contributed by atoms with Crippen LogP contribution < -0.4 is 5.32 Å². The first kappa shape index (κ1) is 70.2. The fourth-order valence-corrected chi connectivity index (χ4v) is 10.1. The molecule has 6 N–H and O–H groups in total. The second kappa shape index (κ2) is 51.9. The third-order valence-corrected chi connectivity index (χ3v) is 15.1. The number of allylic oxidation sites excluding steroid dienone is 3. The molecule has 11 nitrogen and oxygen atoms in total. The molecular formula is C63H119NO10. The molecule has 1 amide bonds. The normalized spacial score (nSPS) is 19.4. The van der Waals surface area contributed by atoms with E-state index in [-0.39, 0.29) is 19.4 Å². The smallest absolute Gasteiger partial charge is 0.306 e. The predicted molar refractivity (Wildman–Crippen MR) is 306 cm³/mol. The van der Waals surface area contributed by atoms with Crippen molar-refractivity contribution in [3.63, 3.8) is 0 Å². The van der Waals surface area contributed by atoms with Gasteiger partial charge in [0.05, 0.1) is 25.4 Å². The van der Waals surface area contributed by atoms with Crippen LogP contribution in [-0.2, 0) is 23.8 Å². The Hall–Kier alpha value is -1.86. The topological polar surface area (TPSA) is 175 Å². The molecule has 1 fully saturated rings. The van der Waals surface area contributed by atoms with E-state index in [1.165, 1.54) is 199 Å². The summed E-state index contributed by atoms with van der Waals surface area (Å²) in [5.74, 6) is -1.20. The molecule has 0 bridgehead atoms. The summed E-state index contributed by atoms with van der Waals surface area (Å²) in [6.45, 7) is 5.79. The lowest BCUT2D eigenvalue weighted by molar-refractivity contribution is -0.305. The first-order valence-electron chi connectivity index (χ1n) is 31.6. The maximum atomic E-state index is 13.4. The van der Waals surface area contributed by atoms with E-state index in [9.17, 15) is 35.1 Å². The summed E-state index contributed by atoms with van der Waals surface area (Å²) in [6.07, 6.45) is 49.4. The van der Waals surface area contributed by atoms with Gasteiger partial charge in [-0.05, 0) is 51.4 Å². The van der Waals surface area contributed by atoms with E-state index in [1.54, 1.807) is 6.08 Å². The van der Waals surface area contributed by atoms with E-state index in [2.05, 4.69) is 38.2 Å². The van der Waals surface area contributed by atoms with Crippen molar-refractivity contribution in [2.45, 2.75) is 352 Å². The van der Waals surface area contributed by atoms with Crippen molar-refractivity contribution in [3.8, 4) is 0 Å². The van der Waals surface area contributed by atoms with Crippen molar-refractivity contribution in [2.24, 2.45) is 0 Å². The Morgan fingerprint density at radius 3 is 1.31 bits per heavy atom. The van der Waals surface area contributed by atoms with Crippen LogP contribution in [0.25, 0.3) is 0 Å². The van der Waals surface area contributed by atoms with Gasteiger partial charge in [0, 0.05) is 6.42 Å². The monoisotopic (exact) mass is 1050 g/mol. The first-order chi connectivity index (χ1) is 36.2. The molecule has 1 aliphatic rings. The van der Waals surface area contributed by atoms with Gasteiger partial charge in [-0.15, -0.1) is 0 Å². The second-order valence-electron chi connectivity index (χ2n) is 22.1. The number of carbonyl (C=O) groups excluding carboxylic acids is 2. The summed E-state index contributed by atoms with van der Waals surface area (Å²) < 4.78 is 17.6. The van der Waals surface area contributed by atoms with Gasteiger partial charge in [-0.1, -0.05) is 270 Å². The number of ether oxygens (including phenoxy) is 3. The Kier molecular flexibility index (Phi) is 49.2. The minimum absolute atomic E-state index is 0.128. The number of esters is 1. The summed E-state index contributed by atoms with van der Waals surface area (Å²) in [4.78, 5) is 26.5. The number of hydrogen-bond acceptors (Lipinski definition) is 10. The van der Waals surface area contributed by atoms with E-state index in [4.69, 9.17) is 14.2 Å². The van der Waals surface area contributed by atoms with Gasteiger partial charge in [0.25, 0.3) is 0 Å². The molecule has 0 aromatic heterocycles. The predicted octanol–water partition coefficient (Wildman–Crippen LogP) is 14.9. The molecule has 1 aliphatic heterocycles. The van der Waals surface area contributed by atoms with Gasteiger partial charge in [0.1, 0.15) is 24.4 Å². The number of amides is 1. The Balaban J connectivity index is 2.62. The first-order valence-corrected chi connectivity index (χ1v) is 31.6. The average molecular weight is 1050 g/mol.